The number of carboxylic acids is 1. The first-order chi connectivity index (χ1) is 15.7. The maximum atomic E-state index is 13.5. The van der Waals surface area contributed by atoms with E-state index in [-0.39, 0.29) is 11.4 Å². The van der Waals surface area contributed by atoms with Crippen LogP contribution in [-0.2, 0) is 27.8 Å². The fourth-order valence-corrected chi connectivity index (χ4v) is 5.66. The number of carbonyl (C=O) groups is 1. The summed E-state index contributed by atoms with van der Waals surface area (Å²) in [5, 5.41) is 10.4. The van der Waals surface area contributed by atoms with Crippen LogP contribution in [0, 0.1) is 13.8 Å². The Morgan fingerprint density at radius 3 is 2.33 bits per heavy atom. The van der Waals surface area contributed by atoms with Crippen LogP contribution in [0.25, 0.3) is 10.9 Å². The van der Waals surface area contributed by atoms with Crippen molar-refractivity contribution in [3.8, 4) is 0 Å². The molecule has 33 heavy (non-hydrogen) atoms. The lowest BCUT2D eigenvalue weighted by atomic mass is 10.0. The Labute approximate surface area is 193 Å². The second-order valence-corrected chi connectivity index (χ2v) is 10.1. The number of hydrogen-bond donors (Lipinski definition) is 1. The van der Waals surface area contributed by atoms with Crippen LogP contribution in [0.5, 0.6) is 0 Å². The van der Waals surface area contributed by atoms with Gasteiger partial charge in [0, 0.05) is 30.1 Å². The molecule has 0 atom stereocenters. The first-order valence-corrected chi connectivity index (χ1v) is 12.1. The van der Waals surface area contributed by atoms with Crippen molar-refractivity contribution >= 4 is 32.6 Å². The summed E-state index contributed by atoms with van der Waals surface area (Å²) in [6, 6.07) is 21.9. The number of benzene rings is 3. The molecule has 0 spiro atoms. The van der Waals surface area contributed by atoms with Crippen molar-refractivity contribution in [2.45, 2.75) is 31.7 Å². The van der Waals surface area contributed by atoms with Crippen molar-refractivity contribution in [2.75, 3.05) is 11.4 Å². The summed E-state index contributed by atoms with van der Waals surface area (Å²) in [5.74, 6) is -0.922. The summed E-state index contributed by atoms with van der Waals surface area (Å²) in [5.41, 5.74) is 4.89. The van der Waals surface area contributed by atoms with Crippen LogP contribution in [0.4, 0.5) is 5.69 Å². The molecule has 1 N–H and O–H groups in total. The van der Waals surface area contributed by atoms with Crippen LogP contribution < -0.4 is 4.31 Å². The quantitative estimate of drug-likeness (QED) is 0.430. The number of rotatable bonds is 7. The number of para-hydroxylation sites is 1. The van der Waals surface area contributed by atoms with Crippen LogP contribution in [-0.4, -0.2) is 31.1 Å². The van der Waals surface area contributed by atoms with Crippen molar-refractivity contribution < 1.29 is 18.3 Å². The molecule has 1 aromatic heterocycles. The van der Waals surface area contributed by atoms with Crippen LogP contribution >= 0.6 is 0 Å². The van der Waals surface area contributed by atoms with E-state index in [1.165, 1.54) is 4.31 Å². The Bertz CT molecular complexity index is 1440. The second-order valence-electron chi connectivity index (χ2n) is 8.16. The van der Waals surface area contributed by atoms with E-state index in [0.717, 1.165) is 27.7 Å². The Morgan fingerprint density at radius 2 is 1.64 bits per heavy atom. The maximum Gasteiger partial charge on any atom is 0.323 e. The first-order valence-electron chi connectivity index (χ1n) is 10.6. The zero-order valence-corrected chi connectivity index (χ0v) is 19.6. The Balaban J connectivity index is 1.83. The molecular formula is C26H26N2O4S. The molecule has 0 amide bonds. The fraction of sp³-hybridized carbons (Fsp3) is 0.192. The Kier molecular flexibility index (Phi) is 5.99. The number of fused-ring (bicyclic) bond motifs is 1. The zero-order valence-electron chi connectivity index (χ0n) is 18.8. The molecule has 0 aliphatic heterocycles. The van der Waals surface area contributed by atoms with Gasteiger partial charge >= 0.3 is 5.97 Å². The molecule has 0 bridgehead atoms. The molecule has 0 saturated carbocycles. The van der Waals surface area contributed by atoms with Crippen molar-refractivity contribution in [2.24, 2.45) is 0 Å². The van der Waals surface area contributed by atoms with Gasteiger partial charge in [-0.1, -0.05) is 48.0 Å². The van der Waals surface area contributed by atoms with Crippen molar-refractivity contribution in [3.63, 3.8) is 0 Å². The largest absolute Gasteiger partial charge is 0.480 e. The van der Waals surface area contributed by atoms with Crippen LogP contribution in [0.1, 0.15) is 22.4 Å². The highest BCUT2D eigenvalue weighted by atomic mass is 32.2. The highest BCUT2D eigenvalue weighted by Crippen LogP contribution is 2.32. The van der Waals surface area contributed by atoms with Crippen LogP contribution in [0.15, 0.2) is 77.7 Å². The summed E-state index contributed by atoms with van der Waals surface area (Å²) >= 11 is 0. The molecule has 7 heteroatoms. The monoisotopic (exact) mass is 462 g/mol. The zero-order chi connectivity index (χ0) is 23.8. The first kappa shape index (κ1) is 22.6. The lowest BCUT2D eigenvalue weighted by molar-refractivity contribution is -0.137. The molecule has 0 unspecified atom stereocenters. The third-order valence-electron chi connectivity index (χ3n) is 6.00. The third kappa shape index (κ3) is 4.24. The van der Waals surface area contributed by atoms with Gasteiger partial charge in [-0.25, -0.2) is 8.42 Å². The number of aryl methyl sites for hydroxylation is 1. The molecule has 0 radical (unpaired) electrons. The van der Waals surface area contributed by atoms with Gasteiger partial charge in [-0.2, -0.15) is 0 Å². The second kappa shape index (κ2) is 8.75. The van der Waals surface area contributed by atoms with Crippen LogP contribution in [0.3, 0.4) is 0 Å². The minimum absolute atomic E-state index is 0.151. The van der Waals surface area contributed by atoms with Gasteiger partial charge in [-0.3, -0.25) is 9.10 Å². The topological polar surface area (TPSA) is 79.6 Å². The van der Waals surface area contributed by atoms with Crippen LogP contribution in [0.2, 0.25) is 0 Å². The summed E-state index contributed by atoms with van der Waals surface area (Å²) in [7, 11) is -2.25. The predicted octanol–water partition coefficient (Wildman–Crippen LogP) is 4.76. The van der Waals surface area contributed by atoms with Gasteiger partial charge in [0.25, 0.3) is 10.0 Å². The van der Waals surface area contributed by atoms with Crippen molar-refractivity contribution in [1.29, 1.82) is 0 Å². The molecule has 4 aromatic rings. The summed E-state index contributed by atoms with van der Waals surface area (Å²) in [4.78, 5) is 11.7. The number of nitrogens with zero attached hydrogens (tertiary/aromatic N) is 2. The average Bonchev–Trinajstić information content (AvgIpc) is 3.04. The van der Waals surface area contributed by atoms with Gasteiger partial charge < -0.3 is 9.67 Å². The van der Waals surface area contributed by atoms with Gasteiger partial charge in [-0.15, -0.1) is 0 Å². The molecule has 4 rings (SSSR count). The maximum absolute atomic E-state index is 13.5. The summed E-state index contributed by atoms with van der Waals surface area (Å²) < 4.78 is 30.1. The fourth-order valence-electron chi connectivity index (χ4n) is 4.24. The number of aliphatic carboxylic acids is 1. The Morgan fingerprint density at radius 1 is 0.970 bits per heavy atom. The van der Waals surface area contributed by atoms with Gasteiger partial charge in [0.05, 0.1) is 10.6 Å². The van der Waals surface area contributed by atoms with Gasteiger partial charge in [0.1, 0.15) is 6.54 Å². The minimum atomic E-state index is -3.80. The molecule has 0 aliphatic rings. The minimum Gasteiger partial charge on any atom is -0.480 e. The van der Waals surface area contributed by atoms with Crippen molar-refractivity contribution in [1.82, 2.24) is 4.57 Å². The molecule has 6 nitrogen and oxygen atoms in total. The summed E-state index contributed by atoms with van der Waals surface area (Å²) in [6.07, 6.45) is 0.371. The number of carboxylic acid groups (broad SMARTS) is 1. The smallest absolute Gasteiger partial charge is 0.323 e. The average molecular weight is 463 g/mol. The number of hydrogen-bond acceptors (Lipinski definition) is 3. The molecule has 0 saturated heterocycles. The molecule has 0 aliphatic carbocycles. The molecular weight excluding hydrogens is 436 g/mol. The standard InChI is InChI=1S/C26H26N2O4S/c1-18-13-14-24-23(15-18)22(19(2)28(24)17-26(29)30)16-20-9-7-8-12-25(20)33(31,32)27(3)21-10-5-4-6-11-21/h4-15H,16-17H2,1-3H3,(H,29,30). The highest BCUT2D eigenvalue weighted by Gasteiger charge is 2.25. The van der Waals surface area contributed by atoms with Gasteiger partial charge in [-0.05, 0) is 55.3 Å². The SMILES string of the molecule is Cc1ccc2c(c1)c(Cc1ccccc1S(=O)(=O)N(C)c1ccccc1)c(C)n2CC(=O)O. The van der Waals surface area contributed by atoms with Gasteiger partial charge in [0.15, 0.2) is 0 Å². The summed E-state index contributed by atoms with van der Waals surface area (Å²) in [6.45, 7) is 3.73. The van der Waals surface area contributed by atoms with E-state index in [1.54, 1.807) is 48.0 Å². The lowest BCUT2D eigenvalue weighted by Crippen LogP contribution is -2.27. The predicted molar refractivity (Wildman–Crippen MR) is 130 cm³/mol. The molecule has 170 valence electrons. The number of aromatic nitrogens is 1. The highest BCUT2D eigenvalue weighted by molar-refractivity contribution is 7.92. The Hall–Kier alpha value is -3.58. The van der Waals surface area contributed by atoms with Crippen molar-refractivity contribution in [3.05, 3.63) is 95.2 Å². The van der Waals surface area contributed by atoms with E-state index < -0.39 is 16.0 Å². The van der Waals surface area contributed by atoms with E-state index in [2.05, 4.69) is 0 Å². The van der Waals surface area contributed by atoms with E-state index >= 15 is 0 Å². The van der Waals surface area contributed by atoms with E-state index in [0.29, 0.717) is 17.7 Å². The molecule has 1 heterocycles. The lowest BCUT2D eigenvalue weighted by Gasteiger charge is -2.21. The normalized spacial score (nSPS) is 11.6. The molecule has 3 aromatic carbocycles. The van der Waals surface area contributed by atoms with E-state index in [4.69, 9.17) is 0 Å². The number of sulfonamides is 1. The van der Waals surface area contributed by atoms with E-state index in [9.17, 15) is 18.3 Å². The van der Waals surface area contributed by atoms with Gasteiger partial charge in [0.2, 0.25) is 0 Å². The third-order valence-corrected chi connectivity index (χ3v) is 7.89. The van der Waals surface area contributed by atoms with E-state index in [1.807, 2.05) is 50.2 Å². The number of anilines is 1. The molecule has 0 fully saturated rings.